The van der Waals surface area contributed by atoms with Gasteiger partial charge in [0.05, 0.1) is 5.69 Å². The first-order valence-corrected chi connectivity index (χ1v) is 6.90. The lowest BCUT2D eigenvalue weighted by molar-refractivity contribution is 0.0914. The van der Waals surface area contributed by atoms with Gasteiger partial charge >= 0.3 is 0 Å². The summed E-state index contributed by atoms with van der Waals surface area (Å²) in [7, 11) is 0. The summed E-state index contributed by atoms with van der Waals surface area (Å²) >= 11 is 5.95. The van der Waals surface area contributed by atoms with E-state index in [0.29, 0.717) is 12.2 Å². The molecule has 6 heteroatoms. The highest BCUT2D eigenvalue weighted by atomic mass is 35.5. The summed E-state index contributed by atoms with van der Waals surface area (Å²) in [5.41, 5.74) is 3.69. The first kappa shape index (κ1) is 13.7. The van der Waals surface area contributed by atoms with Gasteiger partial charge in [0, 0.05) is 17.8 Å². The molecule has 1 amide bonds. The van der Waals surface area contributed by atoms with Gasteiger partial charge in [-0.25, -0.2) is 0 Å². The average molecular weight is 304 g/mol. The minimum absolute atomic E-state index is 0.0488. The van der Waals surface area contributed by atoms with Crippen molar-refractivity contribution < 1.29 is 9.32 Å². The molecule has 2 aromatic heterocycles. The van der Waals surface area contributed by atoms with Crippen molar-refractivity contribution in [1.82, 2.24) is 15.5 Å². The van der Waals surface area contributed by atoms with Gasteiger partial charge in [0.15, 0.2) is 0 Å². The van der Waals surface area contributed by atoms with Crippen LogP contribution in [0.4, 0.5) is 0 Å². The van der Waals surface area contributed by atoms with Gasteiger partial charge in [-0.3, -0.25) is 4.79 Å². The molecule has 2 N–H and O–H groups in total. The third-order valence-corrected chi connectivity index (χ3v) is 3.72. The van der Waals surface area contributed by atoms with Crippen molar-refractivity contribution in [2.45, 2.75) is 20.4 Å². The number of benzene rings is 1. The van der Waals surface area contributed by atoms with Gasteiger partial charge in [-0.15, -0.1) is 0 Å². The van der Waals surface area contributed by atoms with Crippen LogP contribution in [0.2, 0.25) is 5.02 Å². The highest BCUT2D eigenvalue weighted by Crippen LogP contribution is 2.20. The van der Waals surface area contributed by atoms with Crippen molar-refractivity contribution in [2.24, 2.45) is 0 Å². The van der Waals surface area contributed by atoms with E-state index >= 15 is 0 Å². The molecule has 0 saturated carbocycles. The van der Waals surface area contributed by atoms with Crippen LogP contribution in [0, 0.1) is 13.8 Å². The standard InChI is InChI=1S/C15H14ClN3O2/c1-8-5-11-6-10(3-4-12(11)18-8)7-17-15(20)14-13(16)9(2)19-21-14/h3-6,18H,7H2,1-2H3,(H,17,20). The molecule has 0 aliphatic carbocycles. The number of halogens is 1. The number of amides is 1. The summed E-state index contributed by atoms with van der Waals surface area (Å²) in [5, 5.41) is 7.81. The fourth-order valence-electron chi connectivity index (χ4n) is 2.20. The quantitative estimate of drug-likeness (QED) is 0.779. The number of rotatable bonds is 3. The predicted octanol–water partition coefficient (Wildman–Crippen LogP) is 3.36. The molecule has 0 fully saturated rings. The molecule has 0 atom stereocenters. The largest absolute Gasteiger partial charge is 0.359 e. The van der Waals surface area contributed by atoms with Gasteiger partial charge in [-0.1, -0.05) is 22.8 Å². The number of aromatic amines is 1. The van der Waals surface area contributed by atoms with Crippen LogP contribution in [0.15, 0.2) is 28.8 Å². The maximum absolute atomic E-state index is 12.0. The zero-order chi connectivity index (χ0) is 15.0. The lowest BCUT2D eigenvalue weighted by Crippen LogP contribution is -2.22. The minimum Gasteiger partial charge on any atom is -0.359 e. The number of fused-ring (bicyclic) bond motifs is 1. The van der Waals surface area contributed by atoms with Crippen LogP contribution < -0.4 is 5.32 Å². The Balaban J connectivity index is 1.73. The van der Waals surface area contributed by atoms with Gasteiger partial charge in [0.25, 0.3) is 5.91 Å². The van der Waals surface area contributed by atoms with E-state index in [-0.39, 0.29) is 16.7 Å². The molecular formula is C15H14ClN3O2. The molecular weight excluding hydrogens is 290 g/mol. The Labute approximate surface area is 126 Å². The second-order valence-corrected chi connectivity index (χ2v) is 5.35. The Hall–Kier alpha value is -2.27. The Bertz CT molecular complexity index is 820. The third kappa shape index (κ3) is 2.64. The maximum atomic E-state index is 12.0. The van der Waals surface area contributed by atoms with Crippen LogP contribution >= 0.6 is 11.6 Å². The minimum atomic E-state index is -0.369. The number of aryl methyl sites for hydroxylation is 2. The molecule has 0 spiro atoms. The molecule has 1 aromatic carbocycles. The van der Waals surface area contributed by atoms with E-state index < -0.39 is 0 Å². The number of hydrogen-bond acceptors (Lipinski definition) is 3. The van der Waals surface area contributed by atoms with Gasteiger partial charge in [-0.2, -0.15) is 0 Å². The Morgan fingerprint density at radius 1 is 1.38 bits per heavy atom. The molecule has 0 unspecified atom stereocenters. The number of carbonyl (C=O) groups is 1. The average Bonchev–Trinajstić information content (AvgIpc) is 2.98. The summed E-state index contributed by atoms with van der Waals surface area (Å²) in [5.74, 6) is -0.321. The second-order valence-electron chi connectivity index (χ2n) is 4.97. The van der Waals surface area contributed by atoms with E-state index in [9.17, 15) is 4.79 Å². The molecule has 3 rings (SSSR count). The summed E-state index contributed by atoms with van der Waals surface area (Å²) < 4.78 is 4.92. The fraction of sp³-hybridized carbons (Fsp3) is 0.200. The van der Waals surface area contributed by atoms with Crippen LogP contribution in [-0.2, 0) is 6.54 Å². The normalized spacial score (nSPS) is 11.0. The molecule has 108 valence electrons. The van der Waals surface area contributed by atoms with Crippen LogP contribution in [0.3, 0.4) is 0 Å². The molecule has 21 heavy (non-hydrogen) atoms. The number of H-pyrrole nitrogens is 1. The number of nitrogens with one attached hydrogen (secondary N) is 2. The summed E-state index contributed by atoms with van der Waals surface area (Å²) in [6.45, 7) is 4.09. The Kier molecular flexibility index (Phi) is 3.43. The molecule has 3 aromatic rings. The Morgan fingerprint density at radius 3 is 2.90 bits per heavy atom. The van der Waals surface area contributed by atoms with Crippen molar-refractivity contribution in [3.8, 4) is 0 Å². The summed E-state index contributed by atoms with van der Waals surface area (Å²) in [4.78, 5) is 15.2. The van der Waals surface area contributed by atoms with Crippen LogP contribution in [-0.4, -0.2) is 16.0 Å². The molecule has 0 bridgehead atoms. The van der Waals surface area contributed by atoms with Gasteiger partial charge < -0.3 is 14.8 Å². The first-order valence-electron chi connectivity index (χ1n) is 6.53. The number of carbonyl (C=O) groups excluding carboxylic acids is 1. The highest BCUT2D eigenvalue weighted by molar-refractivity contribution is 6.33. The van der Waals surface area contributed by atoms with Crippen molar-refractivity contribution in [3.05, 3.63) is 52.0 Å². The van der Waals surface area contributed by atoms with Crippen molar-refractivity contribution in [3.63, 3.8) is 0 Å². The Morgan fingerprint density at radius 2 is 2.19 bits per heavy atom. The number of aromatic nitrogens is 2. The van der Waals surface area contributed by atoms with E-state index in [0.717, 1.165) is 22.2 Å². The highest BCUT2D eigenvalue weighted by Gasteiger charge is 2.18. The smallest absolute Gasteiger partial charge is 0.291 e. The fourth-order valence-corrected chi connectivity index (χ4v) is 2.35. The summed E-state index contributed by atoms with van der Waals surface area (Å²) in [6.07, 6.45) is 0. The van der Waals surface area contributed by atoms with E-state index in [2.05, 4.69) is 21.5 Å². The molecule has 0 aliphatic rings. The van der Waals surface area contributed by atoms with E-state index in [4.69, 9.17) is 16.1 Å². The molecule has 0 aliphatic heterocycles. The van der Waals surface area contributed by atoms with E-state index in [1.165, 1.54) is 0 Å². The number of nitrogens with zero attached hydrogens (tertiary/aromatic N) is 1. The van der Waals surface area contributed by atoms with Crippen molar-refractivity contribution >= 4 is 28.4 Å². The second kappa shape index (κ2) is 5.26. The van der Waals surface area contributed by atoms with E-state index in [1.807, 2.05) is 25.1 Å². The molecule has 0 radical (unpaired) electrons. The topological polar surface area (TPSA) is 70.9 Å². The maximum Gasteiger partial charge on any atom is 0.291 e. The lowest BCUT2D eigenvalue weighted by Gasteiger charge is -2.03. The zero-order valence-electron chi connectivity index (χ0n) is 11.7. The monoisotopic (exact) mass is 303 g/mol. The number of hydrogen-bond donors (Lipinski definition) is 2. The van der Waals surface area contributed by atoms with Crippen molar-refractivity contribution in [2.75, 3.05) is 0 Å². The van der Waals surface area contributed by atoms with Gasteiger partial charge in [0.2, 0.25) is 5.76 Å². The molecule has 2 heterocycles. The summed E-state index contributed by atoms with van der Waals surface area (Å²) in [6, 6.07) is 8.06. The van der Waals surface area contributed by atoms with Crippen molar-refractivity contribution in [1.29, 1.82) is 0 Å². The zero-order valence-corrected chi connectivity index (χ0v) is 12.4. The third-order valence-electron chi connectivity index (χ3n) is 3.27. The van der Waals surface area contributed by atoms with Gasteiger partial charge in [0.1, 0.15) is 5.02 Å². The van der Waals surface area contributed by atoms with Crippen LogP contribution in [0.25, 0.3) is 10.9 Å². The lowest BCUT2D eigenvalue weighted by atomic mass is 10.1. The van der Waals surface area contributed by atoms with Crippen LogP contribution in [0.5, 0.6) is 0 Å². The van der Waals surface area contributed by atoms with Crippen LogP contribution in [0.1, 0.15) is 27.5 Å². The van der Waals surface area contributed by atoms with E-state index in [1.54, 1.807) is 6.92 Å². The molecule has 5 nitrogen and oxygen atoms in total. The first-order chi connectivity index (χ1) is 10.0. The predicted molar refractivity (Wildman–Crippen MR) is 80.5 cm³/mol. The SMILES string of the molecule is Cc1cc2cc(CNC(=O)c3onc(C)c3Cl)ccc2[nH]1. The molecule has 0 saturated heterocycles. The van der Waals surface area contributed by atoms with Gasteiger partial charge in [-0.05, 0) is 43.0 Å².